The molecule has 0 saturated carbocycles. The number of ether oxygens (including phenoxy) is 1. The van der Waals surface area contributed by atoms with Crippen molar-refractivity contribution >= 4 is 17.3 Å². The van der Waals surface area contributed by atoms with Crippen LogP contribution in [0, 0.1) is 13.8 Å². The molecular weight excluding hydrogens is 344 g/mol. The van der Waals surface area contributed by atoms with Crippen LogP contribution in [0.2, 0.25) is 0 Å². The van der Waals surface area contributed by atoms with Crippen molar-refractivity contribution in [2.24, 2.45) is 4.99 Å². The molecule has 2 N–H and O–H groups in total. The first-order valence-electron chi connectivity index (χ1n) is 9.35. The average molecular weight is 373 g/mol. The lowest BCUT2D eigenvalue weighted by atomic mass is 10.1. The molecule has 1 aromatic heterocycles. The normalized spacial score (nSPS) is 13.4. The van der Waals surface area contributed by atoms with Gasteiger partial charge in [0, 0.05) is 37.4 Å². The molecule has 2 aromatic rings. The number of thiazole rings is 1. The van der Waals surface area contributed by atoms with Crippen LogP contribution < -0.4 is 15.4 Å². The van der Waals surface area contributed by atoms with Gasteiger partial charge in [0.15, 0.2) is 5.96 Å². The van der Waals surface area contributed by atoms with Gasteiger partial charge < -0.3 is 15.4 Å². The lowest BCUT2D eigenvalue weighted by Crippen LogP contribution is -2.38. The van der Waals surface area contributed by atoms with Crippen LogP contribution in [0.25, 0.3) is 0 Å². The van der Waals surface area contributed by atoms with Crippen LogP contribution in [0.5, 0.6) is 5.75 Å². The molecule has 0 unspecified atom stereocenters. The first kappa shape index (κ1) is 18.7. The standard InChI is InChI=1S/C20H28N4OS/c1-4-21-20(23-11-8-19-24-14(2)15(3)26-19)22-10-7-16-5-6-18-17(13-16)9-12-25-18/h5-6,13H,4,7-12H2,1-3H3,(H2,21,22,23). The molecule has 0 bridgehead atoms. The molecule has 1 aliphatic rings. The van der Waals surface area contributed by atoms with Gasteiger partial charge in [0.25, 0.3) is 0 Å². The number of fused-ring (bicyclic) bond motifs is 1. The largest absolute Gasteiger partial charge is 0.493 e. The van der Waals surface area contributed by atoms with Gasteiger partial charge in [0.1, 0.15) is 5.75 Å². The Bertz CT molecular complexity index is 750. The molecule has 0 aliphatic carbocycles. The number of aliphatic imine (C=N–C) groups is 1. The highest BCUT2D eigenvalue weighted by atomic mass is 32.1. The van der Waals surface area contributed by atoms with E-state index in [1.807, 2.05) is 0 Å². The third-order valence-electron chi connectivity index (χ3n) is 4.47. The van der Waals surface area contributed by atoms with Crippen molar-refractivity contribution in [1.82, 2.24) is 15.6 Å². The predicted octanol–water partition coefficient (Wildman–Crippen LogP) is 3.04. The summed E-state index contributed by atoms with van der Waals surface area (Å²) >= 11 is 1.77. The summed E-state index contributed by atoms with van der Waals surface area (Å²) in [5.74, 6) is 1.92. The quantitative estimate of drug-likeness (QED) is 0.579. The molecule has 1 aromatic carbocycles. The van der Waals surface area contributed by atoms with Crippen molar-refractivity contribution < 1.29 is 4.74 Å². The average Bonchev–Trinajstić information content (AvgIpc) is 3.21. The van der Waals surface area contributed by atoms with Gasteiger partial charge in [0.05, 0.1) is 17.3 Å². The van der Waals surface area contributed by atoms with Crippen molar-refractivity contribution in [2.45, 2.75) is 40.0 Å². The van der Waals surface area contributed by atoms with Crippen molar-refractivity contribution in [3.8, 4) is 5.75 Å². The maximum absolute atomic E-state index is 5.57. The molecule has 2 heterocycles. The topological polar surface area (TPSA) is 58.5 Å². The minimum atomic E-state index is 0.748. The number of benzene rings is 1. The molecule has 0 atom stereocenters. The van der Waals surface area contributed by atoms with Crippen LogP contribution in [-0.4, -0.2) is 37.2 Å². The molecule has 140 valence electrons. The van der Waals surface area contributed by atoms with E-state index in [1.54, 1.807) is 11.3 Å². The number of aromatic nitrogens is 1. The Kier molecular flexibility index (Phi) is 6.50. The highest BCUT2D eigenvalue weighted by molar-refractivity contribution is 7.11. The van der Waals surface area contributed by atoms with Crippen molar-refractivity contribution in [1.29, 1.82) is 0 Å². The maximum atomic E-state index is 5.57. The molecule has 0 spiro atoms. The lowest BCUT2D eigenvalue weighted by molar-refractivity contribution is 0.357. The van der Waals surface area contributed by atoms with E-state index in [2.05, 4.69) is 59.6 Å². The highest BCUT2D eigenvalue weighted by Crippen LogP contribution is 2.25. The Hall–Kier alpha value is -2.08. The van der Waals surface area contributed by atoms with Crippen LogP contribution in [0.3, 0.4) is 0 Å². The summed E-state index contributed by atoms with van der Waals surface area (Å²) in [6.07, 6.45) is 2.89. The Labute approximate surface area is 159 Å². The first-order chi connectivity index (χ1) is 12.7. The van der Waals surface area contributed by atoms with Crippen LogP contribution in [-0.2, 0) is 19.3 Å². The third kappa shape index (κ3) is 4.97. The van der Waals surface area contributed by atoms with E-state index in [-0.39, 0.29) is 0 Å². The van der Waals surface area contributed by atoms with Gasteiger partial charge in [-0.15, -0.1) is 11.3 Å². The fourth-order valence-electron chi connectivity index (χ4n) is 2.97. The van der Waals surface area contributed by atoms with Crippen LogP contribution in [0.15, 0.2) is 23.2 Å². The van der Waals surface area contributed by atoms with Crippen molar-refractivity contribution in [3.63, 3.8) is 0 Å². The Morgan fingerprint density at radius 1 is 1.27 bits per heavy atom. The fourth-order valence-corrected chi connectivity index (χ4v) is 3.89. The van der Waals surface area contributed by atoms with Gasteiger partial charge in [-0.2, -0.15) is 0 Å². The fraction of sp³-hybridized carbons (Fsp3) is 0.500. The van der Waals surface area contributed by atoms with Crippen LogP contribution in [0.1, 0.15) is 33.6 Å². The Balaban J connectivity index is 1.48. The zero-order valence-electron chi connectivity index (χ0n) is 15.9. The Morgan fingerprint density at radius 3 is 2.92 bits per heavy atom. The second kappa shape index (κ2) is 9.03. The number of nitrogens with one attached hydrogen (secondary N) is 2. The molecule has 5 nitrogen and oxygen atoms in total. The number of hydrogen-bond donors (Lipinski definition) is 2. The SMILES string of the molecule is CCNC(=NCCc1nc(C)c(C)s1)NCCc1ccc2c(c1)CCO2. The minimum Gasteiger partial charge on any atom is -0.493 e. The summed E-state index contributed by atoms with van der Waals surface area (Å²) < 4.78 is 5.57. The van der Waals surface area contributed by atoms with Gasteiger partial charge in [-0.1, -0.05) is 12.1 Å². The number of nitrogens with zero attached hydrogens (tertiary/aromatic N) is 2. The minimum absolute atomic E-state index is 0.748. The number of guanidine groups is 1. The summed E-state index contributed by atoms with van der Waals surface area (Å²) in [5.41, 5.74) is 3.81. The summed E-state index contributed by atoms with van der Waals surface area (Å²) in [7, 11) is 0. The molecule has 0 amide bonds. The first-order valence-corrected chi connectivity index (χ1v) is 10.2. The second-order valence-corrected chi connectivity index (χ2v) is 7.76. The monoisotopic (exact) mass is 372 g/mol. The number of rotatable bonds is 7. The molecule has 26 heavy (non-hydrogen) atoms. The summed E-state index contributed by atoms with van der Waals surface area (Å²) in [6.45, 7) is 9.56. The molecule has 3 rings (SSSR count). The molecule has 0 fully saturated rings. The third-order valence-corrected chi connectivity index (χ3v) is 5.61. The molecule has 0 radical (unpaired) electrons. The molecule has 0 saturated heterocycles. The highest BCUT2D eigenvalue weighted by Gasteiger charge is 2.11. The Morgan fingerprint density at radius 2 is 2.15 bits per heavy atom. The predicted molar refractivity (Wildman–Crippen MR) is 109 cm³/mol. The summed E-state index contributed by atoms with van der Waals surface area (Å²) in [5, 5.41) is 7.91. The second-order valence-electron chi connectivity index (χ2n) is 6.48. The van der Waals surface area contributed by atoms with Gasteiger partial charge in [0.2, 0.25) is 0 Å². The zero-order chi connectivity index (χ0) is 18.4. The van der Waals surface area contributed by atoms with E-state index in [1.165, 1.54) is 21.0 Å². The smallest absolute Gasteiger partial charge is 0.191 e. The van der Waals surface area contributed by atoms with E-state index < -0.39 is 0 Å². The van der Waals surface area contributed by atoms with Crippen molar-refractivity contribution in [3.05, 3.63) is 44.9 Å². The zero-order valence-corrected chi connectivity index (χ0v) is 16.7. The maximum Gasteiger partial charge on any atom is 0.191 e. The molecule has 6 heteroatoms. The van der Waals surface area contributed by atoms with E-state index >= 15 is 0 Å². The van der Waals surface area contributed by atoms with E-state index in [4.69, 9.17) is 4.74 Å². The summed E-state index contributed by atoms with van der Waals surface area (Å²) in [4.78, 5) is 10.6. The molecule has 1 aliphatic heterocycles. The van der Waals surface area contributed by atoms with Crippen LogP contribution in [0.4, 0.5) is 0 Å². The van der Waals surface area contributed by atoms with E-state index in [9.17, 15) is 0 Å². The van der Waals surface area contributed by atoms with Gasteiger partial charge in [-0.3, -0.25) is 4.99 Å². The number of aryl methyl sites for hydroxylation is 2. The van der Waals surface area contributed by atoms with Gasteiger partial charge in [-0.05, 0) is 44.4 Å². The van der Waals surface area contributed by atoms with Gasteiger partial charge >= 0.3 is 0 Å². The van der Waals surface area contributed by atoms with Crippen LogP contribution >= 0.6 is 11.3 Å². The van der Waals surface area contributed by atoms with Gasteiger partial charge in [-0.25, -0.2) is 4.98 Å². The summed E-state index contributed by atoms with van der Waals surface area (Å²) in [6, 6.07) is 6.51. The number of hydrogen-bond acceptors (Lipinski definition) is 4. The van der Waals surface area contributed by atoms with E-state index in [0.717, 1.165) is 62.9 Å². The van der Waals surface area contributed by atoms with Crippen molar-refractivity contribution in [2.75, 3.05) is 26.2 Å². The molecular formula is C20H28N4OS. The lowest BCUT2D eigenvalue weighted by Gasteiger charge is -2.11. The van der Waals surface area contributed by atoms with E-state index in [0.29, 0.717) is 0 Å².